The Morgan fingerprint density at radius 1 is 0.581 bits per heavy atom. The molecule has 0 bridgehead atoms. The maximum absolute atomic E-state index is 12.8. The normalized spacial score (nSPS) is 23.3. The van der Waals surface area contributed by atoms with Crippen molar-refractivity contribution in [1.29, 1.82) is 0 Å². The fourth-order valence-electron chi connectivity index (χ4n) is 5.95. The molecule has 7 N–H and O–H groups in total. The molecule has 1 rings (SSSR count). The molecule has 0 aromatic carbocycles. The molecule has 4 unspecified atom stereocenters. The van der Waals surface area contributed by atoms with Crippen LogP contribution in [-0.2, 0) is 32.7 Å². The molecule has 0 saturated heterocycles. The van der Waals surface area contributed by atoms with Gasteiger partial charge < -0.3 is 45.0 Å². The molecule has 1 fully saturated rings. The molecule has 14 nitrogen and oxygen atoms in total. The van der Waals surface area contributed by atoms with Gasteiger partial charge in [-0.15, -0.1) is 0 Å². The Labute approximate surface area is 369 Å². The highest BCUT2D eigenvalue weighted by Crippen LogP contribution is 2.47. The average Bonchev–Trinajstić information content (AvgIpc) is 3.25. The zero-order chi connectivity index (χ0) is 45.9. The van der Waals surface area contributed by atoms with Crippen LogP contribution in [0.15, 0.2) is 97.2 Å². The van der Waals surface area contributed by atoms with E-state index < -0.39 is 81.8 Å². The van der Waals surface area contributed by atoms with Crippen LogP contribution in [0.5, 0.6) is 0 Å². The first-order chi connectivity index (χ1) is 29.8. The molecule has 1 aliphatic carbocycles. The van der Waals surface area contributed by atoms with Gasteiger partial charge in [0.25, 0.3) is 0 Å². The number of carbonyl (C=O) groups is 2. The van der Waals surface area contributed by atoms with Crippen molar-refractivity contribution in [3.63, 3.8) is 0 Å². The van der Waals surface area contributed by atoms with Gasteiger partial charge in [0.1, 0.15) is 43.2 Å². The second-order valence-corrected chi connectivity index (χ2v) is 16.4. The summed E-state index contributed by atoms with van der Waals surface area (Å²) in [5.74, 6) is -1.24. The Bertz CT molecular complexity index is 1470. The van der Waals surface area contributed by atoms with Crippen molar-refractivity contribution >= 4 is 19.8 Å². The SMILES string of the molecule is CC/C=C\C/C=C\C/C=C\CCCCCCCC(=O)O[C@H](COC(=O)CCC/C=C\C/C=C\C=C\C(O)C/C=C\C/C=C\CC)COP(=O)(O)OC1[C@H](O)[C@H](O)C(O)[C@H](O)[C@H]1O. The number of unbranched alkanes of at least 4 members (excludes halogenated alkanes) is 6. The van der Waals surface area contributed by atoms with Crippen molar-refractivity contribution < 1.29 is 68.2 Å². The fraction of sp³-hybridized carbons (Fsp3) is 0.617. The van der Waals surface area contributed by atoms with Gasteiger partial charge in [-0.25, -0.2) is 4.57 Å². The third-order valence-electron chi connectivity index (χ3n) is 9.50. The lowest BCUT2D eigenvalue weighted by molar-refractivity contribution is -0.220. The molecule has 1 aliphatic rings. The molecule has 9 atom stereocenters. The largest absolute Gasteiger partial charge is 0.472 e. The van der Waals surface area contributed by atoms with E-state index in [4.69, 9.17) is 18.5 Å². The summed E-state index contributed by atoms with van der Waals surface area (Å²) in [4.78, 5) is 35.6. The number of hydrogen-bond donors (Lipinski definition) is 7. The summed E-state index contributed by atoms with van der Waals surface area (Å²) < 4.78 is 33.4. The number of carbonyl (C=O) groups excluding carboxylic acids is 2. The van der Waals surface area contributed by atoms with Crippen LogP contribution in [0.25, 0.3) is 0 Å². The summed E-state index contributed by atoms with van der Waals surface area (Å²) in [5.41, 5.74) is 0. The lowest BCUT2D eigenvalue weighted by Gasteiger charge is -2.41. The molecule has 0 aromatic heterocycles. The molecular formula is C47H75O14P. The lowest BCUT2D eigenvalue weighted by Crippen LogP contribution is -2.64. The van der Waals surface area contributed by atoms with Crippen molar-refractivity contribution in [2.24, 2.45) is 0 Å². The molecular weight excluding hydrogens is 819 g/mol. The Hall–Kier alpha value is -3.27. The number of ether oxygens (including phenoxy) is 2. The number of phosphoric acid groups is 1. The van der Waals surface area contributed by atoms with E-state index in [0.29, 0.717) is 32.1 Å². The number of phosphoric ester groups is 1. The molecule has 0 amide bonds. The van der Waals surface area contributed by atoms with Gasteiger partial charge in [0, 0.05) is 12.8 Å². The minimum atomic E-state index is -5.16. The predicted octanol–water partition coefficient (Wildman–Crippen LogP) is 7.24. The van der Waals surface area contributed by atoms with Gasteiger partial charge in [-0.05, 0) is 77.0 Å². The highest BCUT2D eigenvalue weighted by atomic mass is 31.2. The van der Waals surface area contributed by atoms with E-state index in [2.05, 4.69) is 62.5 Å². The molecule has 1 saturated carbocycles. The monoisotopic (exact) mass is 894 g/mol. The first-order valence-electron chi connectivity index (χ1n) is 22.1. The van der Waals surface area contributed by atoms with Crippen molar-refractivity contribution in [3.8, 4) is 0 Å². The number of rotatable bonds is 34. The third kappa shape index (κ3) is 28.4. The predicted molar refractivity (Wildman–Crippen MR) is 240 cm³/mol. The average molecular weight is 895 g/mol. The summed E-state index contributed by atoms with van der Waals surface area (Å²) >= 11 is 0. The van der Waals surface area contributed by atoms with Gasteiger partial charge in [0.15, 0.2) is 6.10 Å². The highest BCUT2D eigenvalue weighted by Gasteiger charge is 2.51. The summed E-state index contributed by atoms with van der Waals surface area (Å²) in [6, 6.07) is 0. The van der Waals surface area contributed by atoms with Crippen LogP contribution in [0.3, 0.4) is 0 Å². The van der Waals surface area contributed by atoms with Crippen LogP contribution in [0.1, 0.15) is 123 Å². The quantitative estimate of drug-likeness (QED) is 0.0111. The molecule has 15 heteroatoms. The number of hydrogen-bond acceptors (Lipinski definition) is 13. The smallest absolute Gasteiger partial charge is 0.462 e. The topological polar surface area (TPSA) is 230 Å². The van der Waals surface area contributed by atoms with Gasteiger partial charge >= 0.3 is 19.8 Å². The summed E-state index contributed by atoms with van der Waals surface area (Å²) in [5, 5.41) is 60.1. The minimum Gasteiger partial charge on any atom is -0.462 e. The van der Waals surface area contributed by atoms with Gasteiger partial charge in [-0.2, -0.15) is 0 Å². The van der Waals surface area contributed by atoms with Gasteiger partial charge in [0.05, 0.1) is 12.7 Å². The van der Waals surface area contributed by atoms with E-state index in [9.17, 15) is 49.7 Å². The van der Waals surface area contributed by atoms with E-state index in [-0.39, 0.29) is 12.8 Å². The van der Waals surface area contributed by atoms with E-state index in [1.807, 2.05) is 36.5 Å². The Balaban J connectivity index is 2.57. The zero-order valence-electron chi connectivity index (χ0n) is 36.7. The second kappa shape index (κ2) is 36.1. The van der Waals surface area contributed by atoms with Crippen molar-refractivity contribution in [2.45, 2.75) is 172 Å². The summed E-state index contributed by atoms with van der Waals surface area (Å²) in [6.45, 7) is 2.91. The standard InChI is InChI=1S/C47H75O14P/c1-3-5-7-9-11-12-13-14-15-16-17-18-23-27-31-35-41(50)60-39(37-59-62(56,57)61-47-45(54)43(52)42(51)44(53)46(47)55)36-58-40(49)34-30-26-22-20-19-21-25-29-33-38(48)32-28-24-10-8-6-4-2/h5-8,11-12,14-15,20-22,24-25,28-29,33,38-39,42-48,51-55H,3-4,9-10,13,16-19,23,26-27,30-32,34-37H2,1-2H3,(H,56,57)/b7-5-,8-6-,12-11-,15-14-,22-20-,25-21-,28-24-,33-29+/t38?,39-,42?,43-,44+,45-,46-,47?/m1/s1. The first-order valence-corrected chi connectivity index (χ1v) is 23.6. The van der Waals surface area contributed by atoms with Gasteiger partial charge in [-0.1, -0.05) is 130 Å². The summed E-state index contributed by atoms with van der Waals surface area (Å²) in [6.07, 6.45) is 30.7. The molecule has 62 heavy (non-hydrogen) atoms. The molecule has 0 spiro atoms. The van der Waals surface area contributed by atoms with Crippen LogP contribution in [0.4, 0.5) is 0 Å². The lowest BCUT2D eigenvalue weighted by atomic mass is 9.85. The fourth-order valence-corrected chi connectivity index (χ4v) is 6.92. The Morgan fingerprint density at radius 3 is 1.71 bits per heavy atom. The van der Waals surface area contributed by atoms with Crippen LogP contribution in [-0.4, -0.2) is 110 Å². The van der Waals surface area contributed by atoms with Crippen LogP contribution < -0.4 is 0 Å². The van der Waals surface area contributed by atoms with Crippen LogP contribution in [0.2, 0.25) is 0 Å². The number of allylic oxidation sites excluding steroid dienone is 14. The highest BCUT2D eigenvalue weighted by molar-refractivity contribution is 7.47. The number of aliphatic hydroxyl groups excluding tert-OH is 6. The summed E-state index contributed by atoms with van der Waals surface area (Å²) in [7, 11) is -5.16. The Morgan fingerprint density at radius 2 is 1.08 bits per heavy atom. The van der Waals surface area contributed by atoms with E-state index >= 15 is 0 Å². The second-order valence-electron chi connectivity index (χ2n) is 15.0. The van der Waals surface area contributed by atoms with Gasteiger partial charge in [0.2, 0.25) is 0 Å². The maximum Gasteiger partial charge on any atom is 0.472 e. The Kier molecular flexibility index (Phi) is 33.1. The number of esters is 2. The van der Waals surface area contributed by atoms with Gasteiger partial charge in [-0.3, -0.25) is 18.6 Å². The van der Waals surface area contributed by atoms with E-state index in [0.717, 1.165) is 64.2 Å². The maximum atomic E-state index is 12.8. The molecule has 0 heterocycles. The van der Waals surface area contributed by atoms with Crippen molar-refractivity contribution in [3.05, 3.63) is 97.2 Å². The van der Waals surface area contributed by atoms with E-state index in [1.54, 1.807) is 12.2 Å². The number of aliphatic hydroxyl groups is 6. The first kappa shape index (κ1) is 56.7. The van der Waals surface area contributed by atoms with Crippen LogP contribution in [0, 0.1) is 0 Å². The molecule has 0 radical (unpaired) electrons. The zero-order valence-corrected chi connectivity index (χ0v) is 37.6. The molecule has 352 valence electrons. The third-order valence-corrected chi connectivity index (χ3v) is 10.5. The van der Waals surface area contributed by atoms with Crippen LogP contribution >= 0.6 is 7.82 Å². The molecule has 0 aliphatic heterocycles. The minimum absolute atomic E-state index is 0.0464. The van der Waals surface area contributed by atoms with E-state index in [1.165, 1.54) is 0 Å². The molecule has 0 aromatic rings. The van der Waals surface area contributed by atoms with Crippen molar-refractivity contribution in [2.75, 3.05) is 13.2 Å². The van der Waals surface area contributed by atoms with Crippen molar-refractivity contribution in [1.82, 2.24) is 0 Å².